The number of hydrogen-bond acceptors (Lipinski definition) is 6. The average molecular weight is 378 g/mol. The first-order valence-corrected chi connectivity index (χ1v) is 8.90. The van der Waals surface area contributed by atoms with Gasteiger partial charge in [0, 0.05) is 29.1 Å². The van der Waals surface area contributed by atoms with E-state index in [2.05, 4.69) is 10.3 Å². The number of cyclic esters (lactones) is 1. The fraction of sp³-hybridized carbons (Fsp3) is 0.238. The molecule has 0 spiro atoms. The molecule has 1 fully saturated rings. The Hall–Kier alpha value is -3.25. The van der Waals surface area contributed by atoms with Gasteiger partial charge in [-0.05, 0) is 23.3 Å². The third kappa shape index (κ3) is 3.46. The number of hydrogen-bond donors (Lipinski definition) is 2. The maximum absolute atomic E-state index is 12.3. The molecular weight excluding hydrogens is 360 g/mol. The molecule has 28 heavy (non-hydrogen) atoms. The first-order valence-electron chi connectivity index (χ1n) is 8.90. The number of esters is 1. The van der Waals surface area contributed by atoms with Crippen molar-refractivity contribution in [3.05, 3.63) is 65.4 Å². The van der Waals surface area contributed by atoms with Gasteiger partial charge in [-0.2, -0.15) is 0 Å². The quantitative estimate of drug-likeness (QED) is 0.453. The van der Waals surface area contributed by atoms with Gasteiger partial charge in [-0.15, -0.1) is 0 Å². The second-order valence-corrected chi connectivity index (χ2v) is 6.63. The molecule has 1 saturated heterocycles. The molecule has 2 N–H and O–H groups in total. The monoisotopic (exact) mass is 378 g/mol. The summed E-state index contributed by atoms with van der Waals surface area (Å²) in [6.07, 6.45) is 7.43. The smallest absolute Gasteiger partial charge is 0.327 e. The minimum absolute atomic E-state index is 0.151. The number of fused-ring (bicyclic) bond motifs is 1. The number of carbonyl (C=O) groups is 2. The van der Waals surface area contributed by atoms with Crippen LogP contribution in [0.25, 0.3) is 10.9 Å². The number of aldehydes is 1. The van der Waals surface area contributed by atoms with Crippen molar-refractivity contribution in [1.29, 1.82) is 0 Å². The number of allylic oxidation sites excluding steroid dienone is 3. The minimum atomic E-state index is -0.968. The number of ether oxygens (including phenoxy) is 2. The predicted octanol–water partition coefficient (Wildman–Crippen LogP) is 1.91. The summed E-state index contributed by atoms with van der Waals surface area (Å²) >= 11 is 0. The zero-order valence-electron chi connectivity index (χ0n) is 14.9. The van der Waals surface area contributed by atoms with Crippen LogP contribution in [0.2, 0.25) is 0 Å². The van der Waals surface area contributed by atoms with Gasteiger partial charge < -0.3 is 19.3 Å². The van der Waals surface area contributed by atoms with Crippen LogP contribution >= 0.6 is 0 Å². The van der Waals surface area contributed by atoms with Crippen LogP contribution in [-0.4, -0.2) is 42.2 Å². The van der Waals surface area contributed by atoms with Gasteiger partial charge in [0.2, 0.25) is 0 Å². The van der Waals surface area contributed by atoms with Gasteiger partial charge in [-0.3, -0.25) is 4.79 Å². The number of aromatic nitrogens is 1. The summed E-state index contributed by atoms with van der Waals surface area (Å²) in [4.78, 5) is 38.0. The molecule has 0 radical (unpaired) electrons. The van der Waals surface area contributed by atoms with E-state index in [1.807, 2.05) is 42.4 Å². The van der Waals surface area contributed by atoms with Crippen LogP contribution in [0.15, 0.2) is 59.8 Å². The highest BCUT2D eigenvalue weighted by atomic mass is 16.7. The van der Waals surface area contributed by atoms with Gasteiger partial charge in [0.05, 0.1) is 12.5 Å². The summed E-state index contributed by atoms with van der Waals surface area (Å²) in [5, 5.41) is 3.81. The Morgan fingerprint density at radius 2 is 2.21 bits per heavy atom. The normalized spacial score (nSPS) is 22.6. The Balaban J connectivity index is 1.46. The molecular formula is C21H18N2O5. The highest BCUT2D eigenvalue weighted by molar-refractivity contribution is 5.91. The lowest BCUT2D eigenvalue weighted by atomic mass is 9.93. The Labute approximate surface area is 160 Å². The molecule has 2 aromatic rings. The molecule has 3 atom stereocenters. The van der Waals surface area contributed by atoms with Crippen LogP contribution in [0.1, 0.15) is 17.9 Å². The molecule has 2 aliphatic rings. The van der Waals surface area contributed by atoms with E-state index in [1.165, 1.54) is 0 Å². The fourth-order valence-corrected chi connectivity index (χ4v) is 3.46. The molecule has 1 aliphatic carbocycles. The number of H-pyrrole nitrogens is 1. The fourth-order valence-electron chi connectivity index (χ4n) is 3.46. The standard InChI is InChI=1S/C21H18N2O5/c24-10-13-4-3-5-14(8-13)12-27-21-23-19(20(26)28-21)17(11-25)16-9-22-18-7-2-1-6-15(16)18/h1-3,5-9,11,17,19,21-23H,4,12H2/t17?,19?,21-/m0/s1. The third-order valence-electron chi connectivity index (χ3n) is 4.84. The molecule has 1 aromatic heterocycles. The number of para-hydroxylation sites is 1. The molecule has 7 heteroatoms. The largest absolute Gasteiger partial charge is 0.420 e. The SMILES string of the molecule is O=C=C1C=C(CO[C@@H]2NC(C(C=O)c3c[nH]c4ccccc34)C(=O)O2)C=CC1. The van der Waals surface area contributed by atoms with Gasteiger partial charge in [-0.1, -0.05) is 30.4 Å². The number of carbonyl (C=O) groups excluding carboxylic acids is 3. The van der Waals surface area contributed by atoms with Crippen molar-refractivity contribution in [2.45, 2.75) is 24.8 Å². The highest BCUT2D eigenvalue weighted by Gasteiger charge is 2.41. The number of benzene rings is 1. The average Bonchev–Trinajstić information content (AvgIpc) is 3.32. The third-order valence-corrected chi connectivity index (χ3v) is 4.84. The molecule has 4 rings (SSSR count). The van der Waals surface area contributed by atoms with Gasteiger partial charge in [0.15, 0.2) is 0 Å². The number of rotatable bonds is 6. The van der Waals surface area contributed by atoms with Crippen LogP contribution in [0, 0.1) is 0 Å². The van der Waals surface area contributed by atoms with Crippen molar-refractivity contribution >= 4 is 29.1 Å². The van der Waals surface area contributed by atoms with E-state index in [0.717, 1.165) is 28.3 Å². The van der Waals surface area contributed by atoms with E-state index in [1.54, 1.807) is 12.3 Å². The summed E-state index contributed by atoms with van der Waals surface area (Å²) in [6.45, 7) is 0.151. The van der Waals surface area contributed by atoms with E-state index < -0.39 is 24.3 Å². The predicted molar refractivity (Wildman–Crippen MR) is 101 cm³/mol. The van der Waals surface area contributed by atoms with Crippen molar-refractivity contribution < 1.29 is 23.9 Å². The van der Waals surface area contributed by atoms with Crippen molar-refractivity contribution in [1.82, 2.24) is 10.3 Å². The second-order valence-electron chi connectivity index (χ2n) is 6.63. The molecule has 0 bridgehead atoms. The lowest BCUT2D eigenvalue weighted by molar-refractivity contribution is -0.163. The summed E-state index contributed by atoms with van der Waals surface area (Å²) in [6, 6.07) is 6.72. The van der Waals surface area contributed by atoms with E-state index >= 15 is 0 Å². The second kappa shape index (κ2) is 7.78. The summed E-state index contributed by atoms with van der Waals surface area (Å²) < 4.78 is 10.8. The number of aromatic amines is 1. The first-order chi connectivity index (χ1) is 13.7. The van der Waals surface area contributed by atoms with Crippen LogP contribution in [0.4, 0.5) is 0 Å². The van der Waals surface area contributed by atoms with Gasteiger partial charge in [0.25, 0.3) is 6.41 Å². The molecule has 1 aliphatic heterocycles. The highest BCUT2D eigenvalue weighted by Crippen LogP contribution is 2.29. The summed E-state index contributed by atoms with van der Waals surface area (Å²) in [5.41, 5.74) is 2.92. The topological polar surface area (TPSA) is 97.5 Å². The molecule has 2 unspecified atom stereocenters. The molecule has 0 saturated carbocycles. The molecule has 1 aromatic carbocycles. The van der Waals surface area contributed by atoms with Crippen LogP contribution in [0.5, 0.6) is 0 Å². The summed E-state index contributed by atoms with van der Waals surface area (Å²) in [5.74, 6) is 0.610. The Morgan fingerprint density at radius 3 is 3.04 bits per heavy atom. The van der Waals surface area contributed by atoms with Gasteiger partial charge in [0.1, 0.15) is 18.3 Å². The Morgan fingerprint density at radius 1 is 1.36 bits per heavy atom. The zero-order valence-corrected chi connectivity index (χ0v) is 14.9. The Bertz CT molecular complexity index is 1030. The number of nitrogens with one attached hydrogen (secondary N) is 2. The lowest BCUT2D eigenvalue weighted by Crippen LogP contribution is -2.38. The molecule has 2 heterocycles. The van der Waals surface area contributed by atoms with E-state index in [-0.39, 0.29) is 6.61 Å². The van der Waals surface area contributed by atoms with Gasteiger partial charge in [-0.25, -0.2) is 10.1 Å². The van der Waals surface area contributed by atoms with Crippen molar-refractivity contribution in [3.8, 4) is 0 Å². The van der Waals surface area contributed by atoms with E-state index in [0.29, 0.717) is 12.0 Å². The minimum Gasteiger partial charge on any atom is -0.420 e. The molecule has 0 amide bonds. The van der Waals surface area contributed by atoms with E-state index in [9.17, 15) is 14.4 Å². The van der Waals surface area contributed by atoms with Crippen molar-refractivity contribution in [2.24, 2.45) is 0 Å². The first kappa shape index (κ1) is 18.1. The summed E-state index contributed by atoms with van der Waals surface area (Å²) in [7, 11) is 0. The van der Waals surface area contributed by atoms with Crippen LogP contribution in [0.3, 0.4) is 0 Å². The maximum Gasteiger partial charge on any atom is 0.327 e. The van der Waals surface area contributed by atoms with E-state index in [4.69, 9.17) is 9.47 Å². The molecule has 142 valence electrons. The van der Waals surface area contributed by atoms with Crippen LogP contribution < -0.4 is 5.32 Å². The van der Waals surface area contributed by atoms with Crippen molar-refractivity contribution in [3.63, 3.8) is 0 Å². The Kier molecular flexibility index (Phi) is 5.04. The van der Waals surface area contributed by atoms with Crippen LogP contribution in [-0.2, 0) is 23.9 Å². The maximum atomic E-state index is 12.3. The van der Waals surface area contributed by atoms with Crippen molar-refractivity contribution in [2.75, 3.05) is 6.61 Å². The lowest BCUT2D eigenvalue weighted by Gasteiger charge is -2.16. The van der Waals surface area contributed by atoms with Gasteiger partial charge >= 0.3 is 5.97 Å². The molecule has 7 nitrogen and oxygen atoms in total. The zero-order chi connectivity index (χ0) is 19.5.